The number of nitrogens with one attached hydrogen (secondary N) is 3. The lowest BCUT2D eigenvalue weighted by Crippen LogP contribution is -2.51. The summed E-state index contributed by atoms with van der Waals surface area (Å²) in [7, 11) is 1.76. The highest BCUT2D eigenvalue weighted by Crippen LogP contribution is 2.50. The van der Waals surface area contributed by atoms with Crippen LogP contribution in [0, 0.1) is 17.2 Å². The Bertz CT molecular complexity index is 1540. The number of likely N-dealkylation sites (N-methyl/N-ethyl adjacent to an activating group) is 1. The molecule has 254 valence electrons. The summed E-state index contributed by atoms with van der Waals surface area (Å²) in [4.78, 5) is 34.0. The van der Waals surface area contributed by atoms with Crippen LogP contribution in [0.5, 0.6) is 0 Å². The third kappa shape index (κ3) is 7.29. The van der Waals surface area contributed by atoms with Crippen LogP contribution in [-0.2, 0) is 11.0 Å². The number of benzene rings is 2. The second-order valence-corrected chi connectivity index (χ2v) is 13.8. The molecule has 2 aromatic rings. The van der Waals surface area contributed by atoms with E-state index < -0.39 is 35.2 Å². The molecule has 9 nitrogen and oxygen atoms in total. The first-order valence-electron chi connectivity index (χ1n) is 16.1. The van der Waals surface area contributed by atoms with Gasteiger partial charge in [-0.05, 0) is 79.3 Å². The third-order valence-corrected chi connectivity index (χ3v) is 9.60. The molecule has 0 saturated heterocycles. The van der Waals surface area contributed by atoms with Crippen LogP contribution in [0.2, 0.25) is 0 Å². The van der Waals surface area contributed by atoms with Crippen molar-refractivity contribution in [1.82, 2.24) is 26.3 Å². The van der Waals surface area contributed by atoms with E-state index in [1.807, 2.05) is 19.1 Å². The Morgan fingerprint density at radius 2 is 1.79 bits per heavy atom. The first kappa shape index (κ1) is 34.3. The smallest absolute Gasteiger partial charge is 0.345 e. The van der Waals surface area contributed by atoms with Gasteiger partial charge in [-0.3, -0.25) is 19.6 Å². The third-order valence-electron chi connectivity index (χ3n) is 9.60. The van der Waals surface area contributed by atoms with Crippen LogP contribution >= 0.6 is 0 Å². The molecule has 2 aromatic carbocycles. The van der Waals surface area contributed by atoms with Crippen LogP contribution in [0.3, 0.4) is 0 Å². The highest BCUT2D eigenvalue weighted by atomic mass is 19.4. The first-order valence-corrected chi connectivity index (χ1v) is 16.1. The predicted molar refractivity (Wildman–Crippen MR) is 171 cm³/mol. The number of alkyl halides is 3. The molecular weight excluding hydrogens is 614 g/mol. The maximum Gasteiger partial charge on any atom is 0.416 e. The molecule has 0 aromatic heterocycles. The number of hydrogen-bond acceptors (Lipinski definition) is 7. The summed E-state index contributed by atoms with van der Waals surface area (Å²) in [6, 6.07) is 8.79. The maximum atomic E-state index is 14.6. The molecule has 2 amide bonds. The molecule has 13 heteroatoms. The number of rotatable bonds is 9. The van der Waals surface area contributed by atoms with Crippen LogP contribution < -0.4 is 16.4 Å². The molecule has 0 radical (unpaired) electrons. The highest BCUT2D eigenvalue weighted by molar-refractivity contribution is 6.46. The summed E-state index contributed by atoms with van der Waals surface area (Å²) in [5.41, 5.74) is 4.18. The molecule has 3 aliphatic rings. The van der Waals surface area contributed by atoms with E-state index in [2.05, 4.69) is 42.3 Å². The standard InChI is InChI=1S/C34H43F4N7O2/c1-6-7-8-27(21-9-11-22(12-10-21)30(46)39-20-28-41-42-43-44(28)5)45-31(47)29(23-17-25(34(36,37)38)19-26(35)18-23)40-33(45)15-13-24(14-16-33)32(2,3)4/h9-12,17-19,24,27,42-43H,6-8,13-16,20H2,1-5H3,(H,39,46). The van der Waals surface area contributed by atoms with Crippen molar-refractivity contribution in [3.05, 3.63) is 70.5 Å². The fourth-order valence-corrected chi connectivity index (χ4v) is 6.84. The lowest BCUT2D eigenvalue weighted by Gasteiger charge is -2.47. The first-order chi connectivity index (χ1) is 22.1. The molecule has 1 fully saturated rings. The zero-order chi connectivity index (χ0) is 34.1. The minimum atomic E-state index is -4.78. The van der Waals surface area contributed by atoms with Crippen molar-refractivity contribution in [3.63, 3.8) is 0 Å². The quantitative estimate of drug-likeness (QED) is 0.274. The Kier molecular flexibility index (Phi) is 9.68. The average molecular weight is 658 g/mol. The molecule has 5 rings (SSSR count). The van der Waals surface area contributed by atoms with Crippen LogP contribution in [-0.4, -0.2) is 52.5 Å². The van der Waals surface area contributed by atoms with E-state index in [9.17, 15) is 27.2 Å². The van der Waals surface area contributed by atoms with Crippen LogP contribution in [0.4, 0.5) is 17.6 Å². The molecular formula is C34H43F4N7O2. The lowest BCUT2D eigenvalue weighted by molar-refractivity contribution is -0.138. The van der Waals surface area contributed by atoms with Crippen molar-refractivity contribution >= 4 is 23.4 Å². The normalized spacial score (nSPS) is 22.3. The molecule has 1 saturated carbocycles. The molecule has 1 unspecified atom stereocenters. The monoisotopic (exact) mass is 657 g/mol. The second-order valence-electron chi connectivity index (χ2n) is 13.8. The van der Waals surface area contributed by atoms with Gasteiger partial charge in [-0.25, -0.2) is 9.93 Å². The summed E-state index contributed by atoms with van der Waals surface area (Å²) in [6.45, 7) is 8.80. The van der Waals surface area contributed by atoms with Crippen molar-refractivity contribution in [2.45, 2.75) is 90.5 Å². The van der Waals surface area contributed by atoms with Crippen molar-refractivity contribution < 1.29 is 27.2 Å². The highest BCUT2D eigenvalue weighted by Gasteiger charge is 2.53. The Balaban J connectivity index is 1.49. The fourth-order valence-electron chi connectivity index (χ4n) is 6.84. The van der Waals surface area contributed by atoms with Crippen LogP contribution in [0.1, 0.15) is 106 Å². The SMILES string of the molecule is CCCCC(c1ccc(C(=O)NCC2=NNNN2C)cc1)N1C(=O)C(c2cc(F)cc(C(F)(F)F)c2)=NC12CCC(C(C)(C)C)CC2. The summed E-state index contributed by atoms with van der Waals surface area (Å²) in [6.07, 6.45) is 0.0818. The fraction of sp³-hybridized carbons (Fsp3) is 0.529. The second kappa shape index (κ2) is 13.2. The van der Waals surface area contributed by atoms with E-state index in [0.29, 0.717) is 42.6 Å². The number of hydrazine groups is 2. The van der Waals surface area contributed by atoms with E-state index in [0.717, 1.165) is 43.4 Å². The number of carbonyl (C=O) groups excluding carboxylic acids is 2. The van der Waals surface area contributed by atoms with Gasteiger partial charge in [-0.15, -0.1) is 10.6 Å². The Labute approximate surface area is 272 Å². The van der Waals surface area contributed by atoms with E-state index in [1.165, 1.54) is 0 Å². The molecule has 2 heterocycles. The molecule has 1 atom stereocenters. The number of amidine groups is 1. The van der Waals surface area contributed by atoms with Gasteiger partial charge < -0.3 is 10.2 Å². The maximum absolute atomic E-state index is 14.6. The van der Waals surface area contributed by atoms with Crippen molar-refractivity contribution in [2.75, 3.05) is 13.6 Å². The van der Waals surface area contributed by atoms with Gasteiger partial charge in [0.1, 0.15) is 17.2 Å². The zero-order valence-electron chi connectivity index (χ0n) is 27.5. The van der Waals surface area contributed by atoms with Gasteiger partial charge in [0.2, 0.25) is 0 Å². The molecule has 1 aliphatic carbocycles. The van der Waals surface area contributed by atoms with E-state index >= 15 is 0 Å². The van der Waals surface area contributed by atoms with Crippen molar-refractivity contribution in [2.24, 2.45) is 21.4 Å². The van der Waals surface area contributed by atoms with Gasteiger partial charge in [-0.1, -0.05) is 52.7 Å². The predicted octanol–water partition coefficient (Wildman–Crippen LogP) is 6.34. The molecule has 1 spiro atoms. The van der Waals surface area contributed by atoms with E-state index in [4.69, 9.17) is 4.99 Å². The number of hydrazone groups is 1. The minimum absolute atomic E-state index is 0.0383. The Morgan fingerprint density at radius 3 is 2.36 bits per heavy atom. The van der Waals surface area contributed by atoms with E-state index in [1.54, 1.807) is 29.1 Å². The van der Waals surface area contributed by atoms with Crippen LogP contribution in [0.15, 0.2) is 52.6 Å². The number of halogens is 4. The van der Waals surface area contributed by atoms with Gasteiger partial charge in [-0.2, -0.15) is 13.2 Å². The van der Waals surface area contributed by atoms with Gasteiger partial charge in [0, 0.05) is 18.2 Å². The van der Waals surface area contributed by atoms with Gasteiger partial charge in [0.15, 0.2) is 5.84 Å². The number of unbranched alkanes of at least 4 members (excludes halogenated alkanes) is 1. The lowest BCUT2D eigenvalue weighted by atomic mass is 9.69. The number of nitrogens with zero attached hydrogens (tertiary/aromatic N) is 4. The zero-order valence-corrected chi connectivity index (χ0v) is 27.5. The van der Waals surface area contributed by atoms with Crippen molar-refractivity contribution in [3.8, 4) is 0 Å². The van der Waals surface area contributed by atoms with Gasteiger partial charge in [0.05, 0.1) is 18.2 Å². The Hall–Kier alpha value is -4.00. The number of amides is 2. The largest absolute Gasteiger partial charge is 0.416 e. The Morgan fingerprint density at radius 1 is 1.11 bits per heavy atom. The minimum Gasteiger partial charge on any atom is -0.345 e. The van der Waals surface area contributed by atoms with Crippen LogP contribution in [0.25, 0.3) is 0 Å². The van der Waals surface area contributed by atoms with Gasteiger partial charge in [0.25, 0.3) is 11.8 Å². The summed E-state index contributed by atoms with van der Waals surface area (Å²) in [5, 5.41) is 8.53. The molecule has 3 N–H and O–H groups in total. The topological polar surface area (TPSA) is 101 Å². The molecule has 2 aliphatic heterocycles. The van der Waals surface area contributed by atoms with E-state index in [-0.39, 0.29) is 29.1 Å². The summed E-state index contributed by atoms with van der Waals surface area (Å²) in [5.74, 6) is -0.903. The summed E-state index contributed by atoms with van der Waals surface area (Å²) < 4.78 is 55.6. The molecule has 0 bridgehead atoms. The number of aliphatic imine (C=N–C) groups is 1. The number of hydrogen-bond donors (Lipinski definition) is 3. The average Bonchev–Trinajstić information content (AvgIpc) is 3.55. The van der Waals surface area contributed by atoms with Gasteiger partial charge >= 0.3 is 6.18 Å². The molecule has 47 heavy (non-hydrogen) atoms. The number of carbonyl (C=O) groups is 2. The summed E-state index contributed by atoms with van der Waals surface area (Å²) >= 11 is 0. The van der Waals surface area contributed by atoms with Crippen molar-refractivity contribution in [1.29, 1.82) is 0 Å².